The highest BCUT2D eigenvalue weighted by Gasteiger charge is 2.22. The summed E-state index contributed by atoms with van der Waals surface area (Å²) in [5.41, 5.74) is 1.27. The molecule has 2 heterocycles. The van der Waals surface area contributed by atoms with Crippen molar-refractivity contribution in [1.29, 1.82) is 0 Å². The molecule has 0 saturated carbocycles. The second-order valence-corrected chi connectivity index (χ2v) is 4.57. The van der Waals surface area contributed by atoms with Crippen LogP contribution in [-0.2, 0) is 0 Å². The van der Waals surface area contributed by atoms with E-state index in [-0.39, 0.29) is 0 Å². The summed E-state index contributed by atoms with van der Waals surface area (Å²) >= 11 is 0. The molecule has 1 saturated heterocycles. The van der Waals surface area contributed by atoms with Gasteiger partial charge >= 0.3 is 0 Å². The Hall–Kier alpha value is -1.29. The van der Waals surface area contributed by atoms with Gasteiger partial charge in [-0.15, -0.1) is 0 Å². The summed E-state index contributed by atoms with van der Waals surface area (Å²) in [7, 11) is 1.91. The van der Waals surface area contributed by atoms with Crippen molar-refractivity contribution in [2.75, 3.05) is 43.4 Å². The fourth-order valence-corrected chi connectivity index (χ4v) is 2.45. The highest BCUT2D eigenvalue weighted by Crippen LogP contribution is 2.20. The highest BCUT2D eigenvalue weighted by molar-refractivity contribution is 5.54. The molecule has 0 amide bonds. The van der Waals surface area contributed by atoms with Crippen molar-refractivity contribution in [3.63, 3.8) is 0 Å². The first kappa shape index (κ1) is 12.2. The van der Waals surface area contributed by atoms with Crippen LogP contribution < -0.4 is 10.2 Å². The number of hydrogen-bond acceptors (Lipinski definition) is 4. The molecule has 0 aromatic carbocycles. The van der Waals surface area contributed by atoms with E-state index in [2.05, 4.69) is 46.1 Å². The Morgan fingerprint density at radius 2 is 2.29 bits per heavy atom. The van der Waals surface area contributed by atoms with E-state index in [0.29, 0.717) is 6.04 Å². The maximum atomic E-state index is 4.25. The zero-order chi connectivity index (χ0) is 12.3. The number of hydrogen-bond donors (Lipinski definition) is 1. The van der Waals surface area contributed by atoms with Crippen molar-refractivity contribution in [2.45, 2.75) is 19.9 Å². The van der Waals surface area contributed by atoms with Crippen LogP contribution in [0.25, 0.3) is 0 Å². The fraction of sp³-hybridized carbons (Fsp3) is 0.615. The molecular weight excluding hydrogens is 212 g/mol. The number of nitrogens with zero attached hydrogens (tertiary/aromatic N) is 3. The number of anilines is 2. The molecule has 1 aromatic rings. The van der Waals surface area contributed by atoms with Crippen LogP contribution in [0.5, 0.6) is 0 Å². The topological polar surface area (TPSA) is 31.4 Å². The number of aromatic nitrogens is 1. The third-order valence-corrected chi connectivity index (χ3v) is 3.54. The summed E-state index contributed by atoms with van der Waals surface area (Å²) in [4.78, 5) is 9.22. The van der Waals surface area contributed by atoms with E-state index in [1.165, 1.54) is 5.69 Å². The van der Waals surface area contributed by atoms with Crippen molar-refractivity contribution in [3.8, 4) is 0 Å². The summed E-state index contributed by atoms with van der Waals surface area (Å²) in [6.45, 7) is 9.03. The van der Waals surface area contributed by atoms with Gasteiger partial charge < -0.3 is 10.2 Å². The number of nitrogens with one attached hydrogen (secondary N) is 1. The van der Waals surface area contributed by atoms with Crippen molar-refractivity contribution >= 4 is 11.5 Å². The molecule has 4 nitrogen and oxygen atoms in total. The van der Waals surface area contributed by atoms with Crippen LogP contribution >= 0.6 is 0 Å². The minimum atomic E-state index is 0.625. The lowest BCUT2D eigenvalue weighted by Gasteiger charge is -2.40. The first-order valence-electron chi connectivity index (χ1n) is 6.37. The zero-order valence-electron chi connectivity index (χ0n) is 11.0. The molecule has 0 radical (unpaired) electrons. The monoisotopic (exact) mass is 234 g/mol. The smallest absolute Gasteiger partial charge is 0.127 e. The molecule has 94 valence electrons. The Morgan fingerprint density at radius 1 is 1.47 bits per heavy atom. The van der Waals surface area contributed by atoms with Crippen LogP contribution in [0.1, 0.15) is 13.8 Å². The van der Waals surface area contributed by atoms with Gasteiger partial charge in [-0.3, -0.25) is 4.90 Å². The molecule has 1 atom stereocenters. The van der Waals surface area contributed by atoms with E-state index < -0.39 is 0 Å². The zero-order valence-corrected chi connectivity index (χ0v) is 11.0. The molecular formula is C13H22N4. The van der Waals surface area contributed by atoms with Gasteiger partial charge in [-0.2, -0.15) is 0 Å². The normalized spacial score (nSPS) is 21.6. The lowest BCUT2D eigenvalue weighted by molar-refractivity contribution is 0.199. The van der Waals surface area contributed by atoms with E-state index in [0.717, 1.165) is 32.0 Å². The quantitative estimate of drug-likeness (QED) is 0.862. The van der Waals surface area contributed by atoms with Gasteiger partial charge in [0, 0.05) is 50.7 Å². The maximum absolute atomic E-state index is 4.25. The molecule has 1 aromatic heterocycles. The molecule has 0 bridgehead atoms. The van der Waals surface area contributed by atoms with Gasteiger partial charge in [-0.05, 0) is 19.5 Å². The van der Waals surface area contributed by atoms with Crippen LogP contribution in [0.3, 0.4) is 0 Å². The molecule has 1 aliphatic rings. The summed E-state index contributed by atoms with van der Waals surface area (Å²) in [5.74, 6) is 0.938. The Labute approximate surface area is 104 Å². The van der Waals surface area contributed by atoms with Crippen molar-refractivity contribution < 1.29 is 0 Å². The van der Waals surface area contributed by atoms with Gasteiger partial charge in [0.05, 0.1) is 0 Å². The summed E-state index contributed by atoms with van der Waals surface area (Å²) in [5, 5.41) is 3.09. The predicted molar refractivity (Wildman–Crippen MR) is 72.7 cm³/mol. The van der Waals surface area contributed by atoms with Crippen LogP contribution in [0.4, 0.5) is 11.5 Å². The second-order valence-electron chi connectivity index (χ2n) is 4.57. The lowest BCUT2D eigenvalue weighted by Crippen LogP contribution is -2.51. The first-order valence-corrected chi connectivity index (χ1v) is 6.37. The van der Waals surface area contributed by atoms with Gasteiger partial charge in [-0.1, -0.05) is 6.92 Å². The Balaban J connectivity index is 2.08. The third kappa shape index (κ3) is 2.69. The molecule has 1 N–H and O–H groups in total. The third-order valence-electron chi connectivity index (χ3n) is 3.54. The summed E-state index contributed by atoms with van der Waals surface area (Å²) < 4.78 is 0. The van der Waals surface area contributed by atoms with E-state index in [1.54, 1.807) is 0 Å². The molecule has 0 aliphatic carbocycles. The second kappa shape index (κ2) is 5.36. The lowest BCUT2D eigenvalue weighted by atomic mass is 10.1. The molecule has 1 fully saturated rings. The van der Waals surface area contributed by atoms with Gasteiger partial charge in [-0.25, -0.2) is 4.98 Å². The van der Waals surface area contributed by atoms with Crippen molar-refractivity contribution in [3.05, 3.63) is 18.3 Å². The van der Waals surface area contributed by atoms with Gasteiger partial charge in [0.25, 0.3) is 0 Å². The fourth-order valence-electron chi connectivity index (χ4n) is 2.45. The SMILES string of the molecule is CCN1CCN(c2ccnc(NC)c2)CC1C. The van der Waals surface area contributed by atoms with Crippen LogP contribution in [0.15, 0.2) is 18.3 Å². The molecule has 1 aliphatic heterocycles. The maximum Gasteiger partial charge on any atom is 0.127 e. The Kier molecular flexibility index (Phi) is 3.84. The number of piperazine rings is 1. The largest absolute Gasteiger partial charge is 0.373 e. The van der Waals surface area contributed by atoms with Gasteiger partial charge in [0.2, 0.25) is 0 Å². The van der Waals surface area contributed by atoms with E-state index >= 15 is 0 Å². The predicted octanol–water partition coefficient (Wildman–Crippen LogP) is 1.65. The first-order chi connectivity index (χ1) is 8.24. The van der Waals surface area contributed by atoms with E-state index in [9.17, 15) is 0 Å². The van der Waals surface area contributed by atoms with E-state index in [4.69, 9.17) is 0 Å². The molecule has 2 rings (SSSR count). The van der Waals surface area contributed by atoms with Gasteiger partial charge in [0.1, 0.15) is 5.82 Å². The highest BCUT2D eigenvalue weighted by atomic mass is 15.3. The minimum Gasteiger partial charge on any atom is -0.373 e. The standard InChI is InChI=1S/C13H22N4/c1-4-16-7-8-17(10-11(16)2)12-5-6-15-13(9-12)14-3/h5-6,9,11H,4,7-8,10H2,1-3H3,(H,14,15). The van der Waals surface area contributed by atoms with Crippen LogP contribution in [0, 0.1) is 0 Å². The Bertz CT molecular complexity index is 366. The minimum absolute atomic E-state index is 0.625. The molecule has 17 heavy (non-hydrogen) atoms. The summed E-state index contributed by atoms with van der Waals surface area (Å²) in [6.07, 6.45) is 1.87. The molecule has 4 heteroatoms. The summed E-state index contributed by atoms with van der Waals surface area (Å²) in [6, 6.07) is 4.84. The van der Waals surface area contributed by atoms with Crippen LogP contribution in [0.2, 0.25) is 0 Å². The van der Waals surface area contributed by atoms with Gasteiger partial charge in [0.15, 0.2) is 0 Å². The van der Waals surface area contributed by atoms with Crippen molar-refractivity contribution in [1.82, 2.24) is 9.88 Å². The molecule has 0 spiro atoms. The number of rotatable bonds is 3. The van der Waals surface area contributed by atoms with E-state index in [1.807, 2.05) is 13.2 Å². The molecule has 1 unspecified atom stereocenters. The average molecular weight is 234 g/mol. The number of likely N-dealkylation sites (N-methyl/N-ethyl adjacent to an activating group) is 1. The number of pyridine rings is 1. The average Bonchev–Trinajstić information content (AvgIpc) is 2.38. The Morgan fingerprint density at radius 3 is 2.94 bits per heavy atom. The van der Waals surface area contributed by atoms with Crippen molar-refractivity contribution in [2.24, 2.45) is 0 Å². The van der Waals surface area contributed by atoms with Crippen LogP contribution in [-0.4, -0.2) is 49.2 Å².